The summed E-state index contributed by atoms with van der Waals surface area (Å²) in [4.78, 5) is 22.7. The van der Waals surface area contributed by atoms with Gasteiger partial charge >= 0.3 is 12.0 Å². The predicted octanol–water partition coefficient (Wildman–Crippen LogP) is 1.68. The van der Waals surface area contributed by atoms with Gasteiger partial charge < -0.3 is 20.5 Å². The molecule has 2 rings (SSSR count). The lowest BCUT2D eigenvalue weighted by molar-refractivity contribution is -0.139. The SMILES string of the molecule is COc1cccc(NC(=O)NC(C(=O)O)C2CC2)c1. The first-order valence-electron chi connectivity index (χ1n) is 6.04. The summed E-state index contributed by atoms with van der Waals surface area (Å²) in [6, 6.07) is 5.52. The Morgan fingerprint density at radius 3 is 2.74 bits per heavy atom. The van der Waals surface area contributed by atoms with Gasteiger partial charge in [-0.25, -0.2) is 9.59 Å². The highest BCUT2D eigenvalue weighted by Crippen LogP contribution is 2.32. The number of amides is 2. The fourth-order valence-corrected chi connectivity index (χ4v) is 1.82. The maximum Gasteiger partial charge on any atom is 0.326 e. The van der Waals surface area contributed by atoms with Gasteiger partial charge in [-0.2, -0.15) is 0 Å². The Labute approximate surface area is 110 Å². The van der Waals surface area contributed by atoms with Crippen LogP contribution in [0.15, 0.2) is 24.3 Å². The number of rotatable bonds is 5. The number of carbonyl (C=O) groups is 2. The van der Waals surface area contributed by atoms with E-state index < -0.39 is 18.0 Å². The molecule has 1 saturated carbocycles. The number of anilines is 1. The summed E-state index contributed by atoms with van der Waals surface area (Å²) in [7, 11) is 1.53. The number of methoxy groups -OCH3 is 1. The van der Waals surface area contributed by atoms with Crippen molar-refractivity contribution >= 4 is 17.7 Å². The van der Waals surface area contributed by atoms with E-state index in [1.54, 1.807) is 24.3 Å². The van der Waals surface area contributed by atoms with Gasteiger partial charge in [0, 0.05) is 11.8 Å². The molecule has 2 amide bonds. The van der Waals surface area contributed by atoms with Gasteiger partial charge in [0.05, 0.1) is 7.11 Å². The van der Waals surface area contributed by atoms with Gasteiger partial charge in [-0.3, -0.25) is 0 Å². The second-order valence-electron chi connectivity index (χ2n) is 4.48. The highest BCUT2D eigenvalue weighted by atomic mass is 16.5. The van der Waals surface area contributed by atoms with Crippen LogP contribution < -0.4 is 15.4 Å². The summed E-state index contributed by atoms with van der Waals surface area (Å²) in [5, 5.41) is 14.1. The number of hydrogen-bond donors (Lipinski definition) is 3. The number of carbonyl (C=O) groups excluding carboxylic acids is 1. The van der Waals surface area contributed by atoms with E-state index in [0.29, 0.717) is 11.4 Å². The van der Waals surface area contributed by atoms with E-state index in [1.165, 1.54) is 7.11 Å². The highest BCUT2D eigenvalue weighted by molar-refractivity contribution is 5.92. The number of carboxylic acid groups (broad SMARTS) is 1. The molecular formula is C13H16N2O4. The molecule has 1 unspecified atom stereocenters. The summed E-state index contributed by atoms with van der Waals surface area (Å²) in [5.41, 5.74) is 0.553. The third-order valence-corrected chi connectivity index (χ3v) is 2.97. The average molecular weight is 264 g/mol. The van der Waals surface area contributed by atoms with Crippen molar-refractivity contribution in [2.75, 3.05) is 12.4 Å². The number of ether oxygens (including phenoxy) is 1. The fourth-order valence-electron chi connectivity index (χ4n) is 1.82. The van der Waals surface area contributed by atoms with Crippen LogP contribution in [0, 0.1) is 5.92 Å². The van der Waals surface area contributed by atoms with Crippen LogP contribution >= 0.6 is 0 Å². The number of urea groups is 1. The molecule has 1 aliphatic carbocycles. The van der Waals surface area contributed by atoms with Crippen LogP contribution in [0.1, 0.15) is 12.8 Å². The minimum Gasteiger partial charge on any atom is -0.497 e. The van der Waals surface area contributed by atoms with Gasteiger partial charge in [0.2, 0.25) is 0 Å². The second-order valence-corrected chi connectivity index (χ2v) is 4.48. The average Bonchev–Trinajstić information content (AvgIpc) is 3.20. The summed E-state index contributed by atoms with van der Waals surface area (Å²) in [6.07, 6.45) is 1.69. The minimum atomic E-state index is -0.997. The highest BCUT2D eigenvalue weighted by Gasteiger charge is 2.37. The zero-order chi connectivity index (χ0) is 13.8. The first-order chi connectivity index (χ1) is 9.10. The van der Waals surface area contributed by atoms with E-state index in [4.69, 9.17) is 9.84 Å². The lowest BCUT2D eigenvalue weighted by Crippen LogP contribution is -2.44. The van der Waals surface area contributed by atoms with E-state index in [9.17, 15) is 9.59 Å². The summed E-state index contributed by atoms with van der Waals surface area (Å²) >= 11 is 0. The van der Waals surface area contributed by atoms with Crippen LogP contribution in [0.4, 0.5) is 10.5 Å². The van der Waals surface area contributed by atoms with Crippen LogP contribution in [-0.2, 0) is 4.79 Å². The first kappa shape index (κ1) is 13.2. The number of nitrogens with one attached hydrogen (secondary N) is 2. The molecule has 0 radical (unpaired) electrons. The van der Waals surface area contributed by atoms with Crippen LogP contribution in [0.25, 0.3) is 0 Å². The molecule has 0 aromatic heterocycles. The van der Waals surface area contributed by atoms with Gasteiger partial charge in [0.1, 0.15) is 11.8 Å². The maximum absolute atomic E-state index is 11.7. The van der Waals surface area contributed by atoms with Crippen molar-refractivity contribution in [3.63, 3.8) is 0 Å². The van der Waals surface area contributed by atoms with Crippen molar-refractivity contribution in [1.29, 1.82) is 0 Å². The molecule has 0 heterocycles. The van der Waals surface area contributed by atoms with Gasteiger partial charge in [-0.1, -0.05) is 6.07 Å². The third-order valence-electron chi connectivity index (χ3n) is 2.97. The second kappa shape index (κ2) is 5.60. The Bertz CT molecular complexity index is 485. The molecule has 0 aliphatic heterocycles. The van der Waals surface area contributed by atoms with E-state index >= 15 is 0 Å². The predicted molar refractivity (Wildman–Crippen MR) is 69.3 cm³/mol. The molecule has 0 saturated heterocycles. The number of benzene rings is 1. The zero-order valence-corrected chi connectivity index (χ0v) is 10.6. The lowest BCUT2D eigenvalue weighted by Gasteiger charge is -2.14. The van der Waals surface area contributed by atoms with Crippen LogP contribution in [0.2, 0.25) is 0 Å². The monoisotopic (exact) mass is 264 g/mol. The molecule has 1 aliphatic rings. The summed E-state index contributed by atoms with van der Waals surface area (Å²) in [6.45, 7) is 0. The van der Waals surface area contributed by atoms with Crippen LogP contribution in [0.3, 0.4) is 0 Å². The smallest absolute Gasteiger partial charge is 0.326 e. The molecule has 1 aromatic carbocycles. The van der Waals surface area contributed by atoms with E-state index in [1.807, 2.05) is 0 Å². The van der Waals surface area contributed by atoms with Crippen molar-refractivity contribution in [1.82, 2.24) is 5.32 Å². The normalized spacial score (nSPS) is 15.4. The van der Waals surface area contributed by atoms with Crippen LogP contribution in [-0.4, -0.2) is 30.3 Å². The molecule has 6 heteroatoms. The minimum absolute atomic E-state index is 0.0496. The summed E-state index contributed by atoms with van der Waals surface area (Å²) < 4.78 is 5.04. The maximum atomic E-state index is 11.7. The van der Waals surface area contributed by atoms with Crippen LogP contribution in [0.5, 0.6) is 5.75 Å². The number of aliphatic carboxylic acids is 1. The quantitative estimate of drug-likeness (QED) is 0.755. The van der Waals surface area contributed by atoms with Gasteiger partial charge in [0.15, 0.2) is 0 Å². The van der Waals surface area contributed by atoms with Gasteiger partial charge in [-0.15, -0.1) is 0 Å². The third kappa shape index (κ3) is 3.61. The van der Waals surface area contributed by atoms with Crippen molar-refractivity contribution in [2.45, 2.75) is 18.9 Å². The van der Waals surface area contributed by atoms with Gasteiger partial charge in [-0.05, 0) is 30.9 Å². The van der Waals surface area contributed by atoms with Gasteiger partial charge in [0.25, 0.3) is 0 Å². The Kier molecular flexibility index (Phi) is 3.89. The zero-order valence-electron chi connectivity index (χ0n) is 10.6. The van der Waals surface area contributed by atoms with E-state index in [2.05, 4.69) is 10.6 Å². The van der Waals surface area contributed by atoms with Crippen molar-refractivity contribution in [3.8, 4) is 5.75 Å². The fraction of sp³-hybridized carbons (Fsp3) is 0.385. The number of carboxylic acids is 1. The Morgan fingerprint density at radius 1 is 1.42 bits per heavy atom. The standard InChI is InChI=1S/C13H16N2O4/c1-19-10-4-2-3-9(7-10)14-13(18)15-11(12(16)17)8-5-6-8/h2-4,7-8,11H,5-6H2,1H3,(H,16,17)(H2,14,15,18). The van der Waals surface area contributed by atoms with E-state index in [-0.39, 0.29) is 5.92 Å². The van der Waals surface area contributed by atoms with Crippen molar-refractivity contribution in [2.24, 2.45) is 5.92 Å². The molecule has 1 aromatic rings. The van der Waals surface area contributed by atoms with Crippen molar-refractivity contribution in [3.05, 3.63) is 24.3 Å². The largest absolute Gasteiger partial charge is 0.497 e. The number of hydrogen-bond acceptors (Lipinski definition) is 3. The molecule has 19 heavy (non-hydrogen) atoms. The molecular weight excluding hydrogens is 248 g/mol. The Hall–Kier alpha value is -2.24. The topological polar surface area (TPSA) is 87.7 Å². The molecule has 1 fully saturated rings. The molecule has 0 bridgehead atoms. The summed E-state index contributed by atoms with van der Waals surface area (Å²) in [5.74, 6) is -0.327. The van der Waals surface area contributed by atoms with Crippen molar-refractivity contribution < 1.29 is 19.4 Å². The Balaban J connectivity index is 1.94. The van der Waals surface area contributed by atoms with E-state index in [0.717, 1.165) is 12.8 Å². The Morgan fingerprint density at radius 2 is 2.16 bits per heavy atom. The molecule has 0 spiro atoms. The first-order valence-corrected chi connectivity index (χ1v) is 6.04. The molecule has 102 valence electrons. The lowest BCUT2D eigenvalue weighted by atomic mass is 10.2. The molecule has 3 N–H and O–H groups in total. The molecule has 1 atom stereocenters. The molecule has 6 nitrogen and oxygen atoms in total.